The summed E-state index contributed by atoms with van der Waals surface area (Å²) in [5.74, 6) is 0.767. The Kier molecular flexibility index (Phi) is 2.58. The minimum atomic E-state index is 0.352. The van der Waals surface area contributed by atoms with Crippen molar-refractivity contribution in [3.05, 3.63) is 32.5 Å². The van der Waals surface area contributed by atoms with E-state index >= 15 is 0 Å². The van der Waals surface area contributed by atoms with E-state index in [2.05, 4.69) is 48.6 Å². The zero-order chi connectivity index (χ0) is 11.3. The number of allylic oxidation sites excluding steroid dienone is 6. The van der Waals surface area contributed by atoms with Gasteiger partial charge in [0.05, 0.1) is 0 Å². The van der Waals surface area contributed by atoms with Crippen molar-refractivity contribution in [1.29, 1.82) is 0 Å². The number of hydrogen-bond donors (Lipinski definition) is 0. The van der Waals surface area contributed by atoms with Crippen molar-refractivity contribution in [1.82, 2.24) is 0 Å². The molecule has 0 aliphatic heterocycles. The Morgan fingerprint density at radius 2 is 2.00 bits per heavy atom. The maximum atomic E-state index is 2.47. The number of halogens is 1. The van der Waals surface area contributed by atoms with Gasteiger partial charge >= 0.3 is 0 Å². The lowest BCUT2D eigenvalue weighted by molar-refractivity contribution is 0.499. The molecule has 1 atom stereocenters. The molecule has 0 fully saturated rings. The van der Waals surface area contributed by atoms with Gasteiger partial charge in [0.15, 0.2) is 0 Å². The van der Waals surface area contributed by atoms with Crippen molar-refractivity contribution < 1.29 is 0 Å². The highest BCUT2D eigenvalue weighted by Gasteiger charge is 2.43. The maximum absolute atomic E-state index is 2.47. The summed E-state index contributed by atoms with van der Waals surface area (Å²) in [5.41, 5.74) is 5.65. The fourth-order valence-electron chi connectivity index (χ4n) is 3.81. The van der Waals surface area contributed by atoms with Crippen molar-refractivity contribution >= 4 is 22.6 Å². The SMILES string of the molecule is CC1(C)C2=CC(I)=CC[C@@H]2C2=C1CCCC2. The molecule has 3 aliphatic rings. The lowest BCUT2D eigenvalue weighted by atomic mass is 9.76. The van der Waals surface area contributed by atoms with Crippen LogP contribution in [0.15, 0.2) is 32.5 Å². The molecule has 0 unspecified atom stereocenters. The molecule has 0 aromatic carbocycles. The van der Waals surface area contributed by atoms with Crippen LogP contribution in [0.2, 0.25) is 0 Å². The first kappa shape index (κ1) is 11.1. The highest BCUT2D eigenvalue weighted by molar-refractivity contribution is 14.1. The predicted molar refractivity (Wildman–Crippen MR) is 77.6 cm³/mol. The Morgan fingerprint density at radius 1 is 1.25 bits per heavy atom. The van der Waals surface area contributed by atoms with Gasteiger partial charge in [0.1, 0.15) is 0 Å². The first-order valence-corrected chi connectivity index (χ1v) is 7.48. The second-order valence-electron chi connectivity index (χ2n) is 5.81. The van der Waals surface area contributed by atoms with Crippen LogP contribution in [-0.4, -0.2) is 0 Å². The standard InChI is InChI=1S/C15H19I/c1-15(2)13-6-4-3-5-11(13)12-8-7-10(16)9-14(12)15/h7,9,12H,3-6,8H2,1-2H3/t12-/m1/s1. The van der Waals surface area contributed by atoms with Crippen LogP contribution < -0.4 is 0 Å². The van der Waals surface area contributed by atoms with E-state index in [1.165, 1.54) is 35.7 Å². The van der Waals surface area contributed by atoms with Gasteiger partial charge in [-0.25, -0.2) is 0 Å². The number of rotatable bonds is 0. The Bertz CT molecular complexity index is 421. The number of hydrogen-bond acceptors (Lipinski definition) is 0. The molecule has 0 radical (unpaired) electrons. The van der Waals surface area contributed by atoms with Crippen molar-refractivity contribution in [2.24, 2.45) is 11.3 Å². The first-order valence-electron chi connectivity index (χ1n) is 6.41. The molecule has 86 valence electrons. The van der Waals surface area contributed by atoms with Crippen LogP contribution in [-0.2, 0) is 0 Å². The molecule has 0 amide bonds. The average molecular weight is 326 g/mol. The van der Waals surface area contributed by atoms with Crippen LogP contribution in [0.25, 0.3) is 0 Å². The van der Waals surface area contributed by atoms with Crippen molar-refractivity contribution in [2.45, 2.75) is 46.0 Å². The average Bonchev–Trinajstić information content (AvgIpc) is 2.49. The van der Waals surface area contributed by atoms with E-state index in [1.807, 2.05) is 5.57 Å². The van der Waals surface area contributed by atoms with E-state index in [4.69, 9.17) is 0 Å². The van der Waals surface area contributed by atoms with Gasteiger partial charge in [0, 0.05) is 14.9 Å². The Morgan fingerprint density at radius 3 is 2.81 bits per heavy atom. The molecule has 0 bridgehead atoms. The van der Waals surface area contributed by atoms with Crippen LogP contribution in [0, 0.1) is 11.3 Å². The van der Waals surface area contributed by atoms with Gasteiger partial charge in [-0.1, -0.05) is 36.6 Å². The maximum Gasteiger partial charge on any atom is 0.00904 e. The Hall–Kier alpha value is -0.0500. The summed E-state index contributed by atoms with van der Waals surface area (Å²) >= 11 is 2.47. The van der Waals surface area contributed by atoms with E-state index < -0.39 is 0 Å². The quantitative estimate of drug-likeness (QED) is 0.426. The second kappa shape index (κ2) is 3.72. The van der Waals surface area contributed by atoms with Gasteiger partial charge in [-0.2, -0.15) is 0 Å². The normalized spacial score (nSPS) is 31.8. The molecule has 0 nitrogen and oxygen atoms in total. The fraction of sp³-hybridized carbons (Fsp3) is 0.600. The summed E-state index contributed by atoms with van der Waals surface area (Å²) in [5, 5.41) is 0. The van der Waals surface area contributed by atoms with Gasteiger partial charge in [-0.05, 0) is 60.8 Å². The van der Waals surface area contributed by atoms with Gasteiger partial charge in [0.25, 0.3) is 0 Å². The largest absolute Gasteiger partial charge is 0.0702 e. The van der Waals surface area contributed by atoms with Crippen LogP contribution in [0.4, 0.5) is 0 Å². The predicted octanol–water partition coefficient (Wildman–Crippen LogP) is 5.16. The summed E-state index contributed by atoms with van der Waals surface area (Å²) in [7, 11) is 0. The van der Waals surface area contributed by atoms with Crippen molar-refractivity contribution in [3.63, 3.8) is 0 Å². The highest BCUT2D eigenvalue weighted by Crippen LogP contribution is 2.57. The molecule has 0 spiro atoms. The lowest BCUT2D eigenvalue weighted by Crippen LogP contribution is -2.17. The molecule has 3 aliphatic carbocycles. The smallest absolute Gasteiger partial charge is 0.00904 e. The molecule has 1 heteroatoms. The van der Waals surface area contributed by atoms with E-state index in [-0.39, 0.29) is 0 Å². The monoisotopic (exact) mass is 326 g/mol. The Labute approximate surface area is 112 Å². The molecule has 3 rings (SSSR count). The molecule has 0 aromatic rings. The zero-order valence-electron chi connectivity index (χ0n) is 10.1. The molecular formula is C15H19I. The molecule has 0 saturated heterocycles. The molecule has 0 saturated carbocycles. The summed E-state index contributed by atoms with van der Waals surface area (Å²) < 4.78 is 1.44. The summed E-state index contributed by atoms with van der Waals surface area (Å²) in [4.78, 5) is 0. The third-order valence-corrected chi connectivity index (χ3v) is 5.38. The van der Waals surface area contributed by atoms with Crippen LogP contribution in [0.5, 0.6) is 0 Å². The molecule has 0 N–H and O–H groups in total. The van der Waals surface area contributed by atoms with Gasteiger partial charge < -0.3 is 0 Å². The fourth-order valence-corrected chi connectivity index (χ4v) is 4.40. The van der Waals surface area contributed by atoms with Gasteiger partial charge in [-0.3, -0.25) is 0 Å². The highest BCUT2D eigenvalue weighted by atomic mass is 127. The Balaban J connectivity index is 2.10. The second-order valence-corrected chi connectivity index (χ2v) is 7.06. The molecule has 16 heavy (non-hydrogen) atoms. The molecule has 0 aromatic heterocycles. The lowest BCUT2D eigenvalue weighted by Gasteiger charge is -2.28. The van der Waals surface area contributed by atoms with Crippen molar-refractivity contribution in [2.75, 3.05) is 0 Å². The van der Waals surface area contributed by atoms with Crippen molar-refractivity contribution in [3.8, 4) is 0 Å². The summed E-state index contributed by atoms with van der Waals surface area (Å²) in [6, 6.07) is 0. The third kappa shape index (κ3) is 1.47. The van der Waals surface area contributed by atoms with Crippen LogP contribution in [0.1, 0.15) is 46.0 Å². The summed E-state index contributed by atoms with van der Waals surface area (Å²) in [6.45, 7) is 4.88. The van der Waals surface area contributed by atoms with Gasteiger partial charge in [0.2, 0.25) is 0 Å². The van der Waals surface area contributed by atoms with Crippen LogP contribution in [0.3, 0.4) is 0 Å². The first-order chi connectivity index (χ1) is 7.60. The molecule has 0 heterocycles. The van der Waals surface area contributed by atoms with E-state index in [0.29, 0.717) is 5.41 Å². The van der Waals surface area contributed by atoms with Crippen LogP contribution >= 0.6 is 22.6 Å². The number of fused-ring (bicyclic) bond motifs is 2. The van der Waals surface area contributed by atoms with E-state index in [1.54, 1.807) is 11.1 Å². The third-order valence-electron chi connectivity index (χ3n) is 4.62. The topological polar surface area (TPSA) is 0 Å². The molecular weight excluding hydrogens is 307 g/mol. The minimum absolute atomic E-state index is 0.352. The zero-order valence-corrected chi connectivity index (χ0v) is 12.3. The van der Waals surface area contributed by atoms with E-state index in [0.717, 1.165) is 5.92 Å². The van der Waals surface area contributed by atoms with Gasteiger partial charge in [-0.15, -0.1) is 0 Å². The minimum Gasteiger partial charge on any atom is -0.0702 e. The van der Waals surface area contributed by atoms with E-state index in [9.17, 15) is 0 Å². The summed E-state index contributed by atoms with van der Waals surface area (Å²) in [6.07, 6.45) is 11.7.